The third-order valence-corrected chi connectivity index (χ3v) is 3.95. The van der Waals surface area contributed by atoms with Crippen LogP contribution in [0.4, 0.5) is 13.2 Å². The van der Waals surface area contributed by atoms with Crippen molar-refractivity contribution < 1.29 is 13.2 Å². The predicted octanol–water partition coefficient (Wildman–Crippen LogP) is 5.24. The first kappa shape index (κ1) is 12.9. The van der Waals surface area contributed by atoms with Crippen LogP contribution in [0, 0.1) is 0 Å². The molecule has 1 aromatic carbocycles. The highest BCUT2D eigenvalue weighted by Crippen LogP contribution is 2.40. The van der Waals surface area contributed by atoms with E-state index in [0.29, 0.717) is 15.6 Å². The lowest BCUT2D eigenvalue weighted by atomic mass is 10.2. The van der Waals surface area contributed by atoms with Crippen LogP contribution in [0.15, 0.2) is 28.1 Å². The number of hydrogen-bond donors (Lipinski definition) is 0. The predicted molar refractivity (Wildman–Crippen MR) is 65.3 cm³/mol. The number of nitrogens with zero attached hydrogens (tertiary/aromatic N) is 1. The average Bonchev–Trinajstić information content (AvgIpc) is 2.61. The molecule has 0 spiro atoms. The van der Waals surface area contributed by atoms with Crippen LogP contribution in [0.2, 0.25) is 5.02 Å². The van der Waals surface area contributed by atoms with Gasteiger partial charge in [0.15, 0.2) is 5.69 Å². The number of thiazole rings is 1. The third kappa shape index (κ3) is 2.81. The second-order valence-electron chi connectivity index (χ2n) is 3.15. The molecule has 2 aromatic rings. The molecule has 0 aliphatic rings. The van der Waals surface area contributed by atoms with E-state index < -0.39 is 11.9 Å². The minimum absolute atomic E-state index is 0.0186. The quantitative estimate of drug-likeness (QED) is 0.690. The molecule has 0 amide bonds. The number of rotatable bonds is 1. The van der Waals surface area contributed by atoms with E-state index in [2.05, 4.69) is 20.9 Å². The lowest BCUT2D eigenvalue weighted by molar-refractivity contribution is -0.141. The van der Waals surface area contributed by atoms with Gasteiger partial charge in [-0.3, -0.25) is 0 Å². The van der Waals surface area contributed by atoms with E-state index in [4.69, 9.17) is 11.6 Å². The van der Waals surface area contributed by atoms with E-state index in [9.17, 15) is 13.2 Å². The van der Waals surface area contributed by atoms with Gasteiger partial charge >= 0.3 is 6.18 Å². The zero-order valence-corrected chi connectivity index (χ0v) is 11.2. The van der Waals surface area contributed by atoms with Crippen molar-refractivity contribution in [3.8, 4) is 10.6 Å². The molecule has 1 nitrogen and oxygen atoms in total. The normalized spacial score (nSPS) is 11.8. The zero-order valence-electron chi connectivity index (χ0n) is 8.05. The fourth-order valence-corrected chi connectivity index (χ4v) is 2.91. The number of hydrogen-bond acceptors (Lipinski definition) is 2. The van der Waals surface area contributed by atoms with Crippen molar-refractivity contribution in [3.05, 3.63) is 38.8 Å². The Labute approximate surface area is 112 Å². The largest absolute Gasteiger partial charge is 0.435 e. The Balaban J connectivity index is 2.45. The molecule has 0 aliphatic heterocycles. The second-order valence-corrected chi connectivity index (χ2v) is 5.90. The maximum atomic E-state index is 12.5. The van der Waals surface area contributed by atoms with Gasteiger partial charge in [-0.25, -0.2) is 4.98 Å². The van der Waals surface area contributed by atoms with Crippen LogP contribution in [-0.2, 0) is 6.18 Å². The van der Waals surface area contributed by atoms with Crippen molar-refractivity contribution >= 4 is 38.9 Å². The fourth-order valence-electron chi connectivity index (χ4n) is 1.19. The number of alkyl halides is 3. The molecule has 0 radical (unpaired) electrons. The van der Waals surface area contributed by atoms with Gasteiger partial charge in [0.05, 0.1) is 0 Å². The first-order chi connectivity index (χ1) is 7.88. The Bertz CT molecular complexity index is 535. The Morgan fingerprint density at radius 2 is 1.76 bits per heavy atom. The van der Waals surface area contributed by atoms with Gasteiger partial charge in [0.1, 0.15) is 8.79 Å². The smallest absolute Gasteiger partial charge is 0.230 e. The Morgan fingerprint density at radius 3 is 2.24 bits per heavy atom. The summed E-state index contributed by atoms with van der Waals surface area (Å²) in [6, 6.07) is 6.49. The van der Waals surface area contributed by atoms with E-state index in [1.165, 1.54) is 0 Å². The standard InChI is InChI=1S/C10H4BrClF3NS/c11-8-7(10(13,14)15)16-9(17-8)5-1-3-6(12)4-2-5/h1-4H. The average molecular weight is 343 g/mol. The highest BCUT2D eigenvalue weighted by Gasteiger charge is 2.37. The van der Waals surface area contributed by atoms with E-state index in [0.717, 1.165) is 11.3 Å². The van der Waals surface area contributed by atoms with Gasteiger partial charge in [0.2, 0.25) is 0 Å². The topological polar surface area (TPSA) is 12.9 Å². The van der Waals surface area contributed by atoms with Gasteiger partial charge in [-0.05, 0) is 28.1 Å². The Kier molecular flexibility index (Phi) is 3.47. The molecule has 0 N–H and O–H groups in total. The number of aromatic nitrogens is 1. The molecular weight excluding hydrogens is 339 g/mol. The van der Waals surface area contributed by atoms with Crippen LogP contribution in [0.5, 0.6) is 0 Å². The fraction of sp³-hybridized carbons (Fsp3) is 0.100. The Morgan fingerprint density at radius 1 is 1.18 bits per heavy atom. The maximum Gasteiger partial charge on any atom is 0.435 e. The van der Waals surface area contributed by atoms with E-state index in [1.807, 2.05) is 0 Å². The van der Waals surface area contributed by atoms with Crippen molar-refractivity contribution in [2.75, 3.05) is 0 Å². The molecule has 0 fully saturated rings. The first-order valence-corrected chi connectivity index (χ1v) is 6.36. The zero-order chi connectivity index (χ0) is 12.6. The summed E-state index contributed by atoms with van der Waals surface area (Å²) in [5.74, 6) is 0. The summed E-state index contributed by atoms with van der Waals surface area (Å²) < 4.78 is 37.6. The molecule has 90 valence electrons. The summed E-state index contributed by atoms with van der Waals surface area (Å²) in [4.78, 5) is 3.58. The SMILES string of the molecule is FC(F)(F)c1nc(-c2ccc(Cl)cc2)sc1Br. The van der Waals surface area contributed by atoms with E-state index >= 15 is 0 Å². The summed E-state index contributed by atoms with van der Waals surface area (Å²) in [5, 5.41) is 0.835. The van der Waals surface area contributed by atoms with Crippen LogP contribution in [0.3, 0.4) is 0 Å². The molecule has 1 heterocycles. The molecule has 7 heteroatoms. The van der Waals surface area contributed by atoms with Crippen molar-refractivity contribution in [2.24, 2.45) is 0 Å². The van der Waals surface area contributed by atoms with E-state index in [1.54, 1.807) is 24.3 Å². The van der Waals surface area contributed by atoms with Gasteiger partial charge in [-0.1, -0.05) is 23.7 Å². The van der Waals surface area contributed by atoms with Gasteiger partial charge in [-0.2, -0.15) is 13.2 Å². The molecule has 2 rings (SSSR count). The van der Waals surface area contributed by atoms with Crippen molar-refractivity contribution in [2.45, 2.75) is 6.18 Å². The van der Waals surface area contributed by atoms with E-state index in [-0.39, 0.29) is 3.79 Å². The van der Waals surface area contributed by atoms with Crippen molar-refractivity contribution in [1.29, 1.82) is 0 Å². The van der Waals surface area contributed by atoms with Crippen LogP contribution in [0.1, 0.15) is 5.69 Å². The monoisotopic (exact) mass is 341 g/mol. The highest BCUT2D eigenvalue weighted by atomic mass is 79.9. The summed E-state index contributed by atoms with van der Waals surface area (Å²) in [7, 11) is 0. The third-order valence-electron chi connectivity index (χ3n) is 1.95. The molecular formula is C10H4BrClF3NS. The lowest BCUT2D eigenvalue weighted by Gasteiger charge is -2.01. The minimum Gasteiger partial charge on any atom is -0.230 e. The summed E-state index contributed by atoms with van der Waals surface area (Å²) in [5.41, 5.74) is -0.289. The highest BCUT2D eigenvalue weighted by molar-refractivity contribution is 9.11. The Hall–Kier alpha value is -0.590. The van der Waals surface area contributed by atoms with Crippen molar-refractivity contribution in [1.82, 2.24) is 4.98 Å². The van der Waals surface area contributed by atoms with Gasteiger partial charge in [0.25, 0.3) is 0 Å². The number of halogens is 5. The molecule has 0 bridgehead atoms. The van der Waals surface area contributed by atoms with Crippen LogP contribution in [0.25, 0.3) is 10.6 Å². The molecule has 0 unspecified atom stereocenters. The van der Waals surface area contributed by atoms with Crippen LogP contribution < -0.4 is 0 Å². The number of benzene rings is 1. The second kappa shape index (κ2) is 4.59. The molecule has 0 saturated heterocycles. The van der Waals surface area contributed by atoms with Crippen molar-refractivity contribution in [3.63, 3.8) is 0 Å². The van der Waals surface area contributed by atoms with Gasteiger partial charge in [-0.15, -0.1) is 11.3 Å². The van der Waals surface area contributed by atoms with Crippen LogP contribution in [-0.4, -0.2) is 4.98 Å². The minimum atomic E-state index is -4.44. The first-order valence-electron chi connectivity index (χ1n) is 4.37. The molecule has 0 aliphatic carbocycles. The molecule has 17 heavy (non-hydrogen) atoms. The maximum absolute atomic E-state index is 12.5. The summed E-state index contributed by atoms with van der Waals surface area (Å²) in [6.45, 7) is 0. The summed E-state index contributed by atoms with van der Waals surface area (Å²) >= 11 is 9.52. The summed E-state index contributed by atoms with van der Waals surface area (Å²) in [6.07, 6.45) is -4.44. The molecule has 1 aromatic heterocycles. The molecule has 0 saturated carbocycles. The van der Waals surface area contributed by atoms with Gasteiger partial charge in [0, 0.05) is 10.6 Å². The lowest BCUT2D eigenvalue weighted by Crippen LogP contribution is -2.05. The van der Waals surface area contributed by atoms with Crippen LogP contribution >= 0.6 is 38.9 Å². The molecule has 0 atom stereocenters. The van der Waals surface area contributed by atoms with Gasteiger partial charge < -0.3 is 0 Å².